The van der Waals surface area contributed by atoms with E-state index in [-0.39, 0.29) is 47.5 Å². The molecule has 0 bridgehead atoms. The molecule has 11 heteroatoms. The lowest BCUT2D eigenvalue weighted by Crippen LogP contribution is -2.12. The first-order valence-corrected chi connectivity index (χ1v) is 9.83. The first kappa shape index (κ1) is 23.4. The van der Waals surface area contributed by atoms with Crippen molar-refractivity contribution >= 4 is 23.8 Å². The normalized spacial score (nSPS) is 12.8. The molecule has 0 saturated heterocycles. The van der Waals surface area contributed by atoms with E-state index in [0.717, 1.165) is 6.07 Å². The van der Waals surface area contributed by atoms with Gasteiger partial charge in [0.15, 0.2) is 11.6 Å². The van der Waals surface area contributed by atoms with Crippen LogP contribution in [0.25, 0.3) is 11.3 Å². The fourth-order valence-corrected chi connectivity index (χ4v) is 3.06. The number of nitrogen functional groups attached to an aromatic ring is 1. The van der Waals surface area contributed by atoms with Crippen LogP contribution in [0, 0.1) is 11.6 Å². The Hall–Kier alpha value is -4.28. The number of carbonyl (C=O) groups is 1. The number of aliphatic carboxylic acids is 1. The highest BCUT2D eigenvalue weighted by molar-refractivity contribution is 6.37. The van der Waals surface area contributed by atoms with Gasteiger partial charge >= 0.3 is 5.97 Å². The molecule has 9 nitrogen and oxygen atoms in total. The van der Waals surface area contributed by atoms with Gasteiger partial charge in [0, 0.05) is 17.2 Å². The van der Waals surface area contributed by atoms with Gasteiger partial charge in [-0.15, -0.1) is 0 Å². The van der Waals surface area contributed by atoms with Gasteiger partial charge in [0.25, 0.3) is 0 Å². The van der Waals surface area contributed by atoms with Gasteiger partial charge in [0.05, 0.1) is 36.3 Å². The molecule has 0 fully saturated rings. The van der Waals surface area contributed by atoms with Gasteiger partial charge in [0.1, 0.15) is 5.71 Å². The Bertz CT molecular complexity index is 1230. The molecule has 0 spiro atoms. The molecule has 0 aliphatic heterocycles. The standard InChI is InChI=1S/C22H21F2N7O2/c1-12(8-20(32)33)16-7-2-4-13(28-16)10-27-11-19(31-26)18-9-17(29-22(25)30-18)14-5-3-6-15(23)21(14)24/h2-7,9,11-12H,8,10,26H2,1H3,(H,32,33)(H2,25,29,30)/b27-11?,31-19+. The van der Waals surface area contributed by atoms with Crippen LogP contribution in [0.5, 0.6) is 0 Å². The molecule has 3 rings (SSSR count). The van der Waals surface area contributed by atoms with E-state index in [4.69, 9.17) is 16.7 Å². The number of nitrogens with two attached hydrogens (primary N) is 2. The number of aromatic nitrogens is 3. The topological polar surface area (TPSA) is 153 Å². The molecule has 2 heterocycles. The summed E-state index contributed by atoms with van der Waals surface area (Å²) in [5.41, 5.74) is 7.28. The summed E-state index contributed by atoms with van der Waals surface area (Å²) in [6.07, 6.45) is 1.32. The number of carboxylic acids is 1. The van der Waals surface area contributed by atoms with Crippen molar-refractivity contribution in [2.75, 3.05) is 5.73 Å². The number of carboxylic acid groups (broad SMARTS) is 1. The van der Waals surface area contributed by atoms with Gasteiger partial charge in [-0.2, -0.15) is 5.10 Å². The summed E-state index contributed by atoms with van der Waals surface area (Å²) < 4.78 is 27.8. The van der Waals surface area contributed by atoms with E-state index in [1.54, 1.807) is 25.1 Å². The van der Waals surface area contributed by atoms with E-state index in [9.17, 15) is 13.6 Å². The molecule has 1 aromatic carbocycles. The number of benzene rings is 1. The molecule has 1 atom stereocenters. The van der Waals surface area contributed by atoms with Gasteiger partial charge in [-0.3, -0.25) is 14.8 Å². The Morgan fingerprint density at radius 2 is 1.94 bits per heavy atom. The van der Waals surface area contributed by atoms with Gasteiger partial charge in [0.2, 0.25) is 5.95 Å². The van der Waals surface area contributed by atoms with E-state index in [1.165, 1.54) is 24.4 Å². The van der Waals surface area contributed by atoms with Gasteiger partial charge in [-0.05, 0) is 30.3 Å². The van der Waals surface area contributed by atoms with Crippen LogP contribution in [0.1, 0.15) is 36.3 Å². The van der Waals surface area contributed by atoms with Crippen LogP contribution in [0.4, 0.5) is 14.7 Å². The number of anilines is 1. The molecular weight excluding hydrogens is 432 g/mol. The van der Waals surface area contributed by atoms with Crippen LogP contribution in [-0.2, 0) is 11.3 Å². The average Bonchev–Trinajstić information content (AvgIpc) is 2.78. The number of hydrogen-bond donors (Lipinski definition) is 3. The second kappa shape index (κ2) is 10.4. The number of rotatable bonds is 8. The lowest BCUT2D eigenvalue weighted by atomic mass is 10.0. The summed E-state index contributed by atoms with van der Waals surface area (Å²) in [4.78, 5) is 27.6. The third-order valence-corrected chi connectivity index (χ3v) is 4.65. The number of hydrogen-bond acceptors (Lipinski definition) is 8. The molecule has 0 aliphatic carbocycles. The molecule has 3 aromatic rings. The van der Waals surface area contributed by atoms with E-state index >= 15 is 0 Å². The first-order valence-electron chi connectivity index (χ1n) is 9.83. The summed E-state index contributed by atoms with van der Waals surface area (Å²) >= 11 is 0. The number of nitrogens with zero attached hydrogens (tertiary/aromatic N) is 5. The molecular formula is C22H21F2N7O2. The zero-order valence-electron chi connectivity index (χ0n) is 17.6. The summed E-state index contributed by atoms with van der Waals surface area (Å²) in [5, 5.41) is 12.6. The molecule has 0 amide bonds. The highest BCUT2D eigenvalue weighted by atomic mass is 19.2. The number of aliphatic imine (C=N–C) groups is 1. The van der Waals surface area contributed by atoms with Crippen LogP contribution in [0.15, 0.2) is 52.6 Å². The van der Waals surface area contributed by atoms with Crippen molar-refractivity contribution in [1.82, 2.24) is 15.0 Å². The molecule has 0 saturated carbocycles. The van der Waals surface area contributed by atoms with E-state index in [2.05, 4.69) is 25.0 Å². The summed E-state index contributed by atoms with van der Waals surface area (Å²) in [7, 11) is 0. The minimum Gasteiger partial charge on any atom is -0.481 e. The van der Waals surface area contributed by atoms with Crippen LogP contribution in [-0.4, -0.2) is 38.0 Å². The SMILES string of the molecule is CC(CC(=O)O)c1cccc(CN=C/C(=N\N)c2cc(-c3cccc(F)c3F)nc(N)n2)n1. The summed E-state index contributed by atoms with van der Waals surface area (Å²) in [5.74, 6) is 2.06. The van der Waals surface area contributed by atoms with Crippen molar-refractivity contribution < 1.29 is 18.7 Å². The fourth-order valence-electron chi connectivity index (χ4n) is 3.06. The van der Waals surface area contributed by atoms with Gasteiger partial charge < -0.3 is 16.7 Å². The van der Waals surface area contributed by atoms with Crippen molar-refractivity contribution in [3.63, 3.8) is 0 Å². The maximum absolute atomic E-state index is 14.2. The molecule has 0 aliphatic rings. The van der Waals surface area contributed by atoms with Crippen molar-refractivity contribution in [2.24, 2.45) is 15.9 Å². The monoisotopic (exact) mass is 453 g/mol. The molecule has 1 unspecified atom stereocenters. The van der Waals surface area contributed by atoms with Crippen molar-refractivity contribution in [3.8, 4) is 11.3 Å². The second-order valence-corrected chi connectivity index (χ2v) is 7.13. The Morgan fingerprint density at radius 3 is 2.67 bits per heavy atom. The highest BCUT2D eigenvalue weighted by Crippen LogP contribution is 2.24. The lowest BCUT2D eigenvalue weighted by Gasteiger charge is -2.09. The predicted molar refractivity (Wildman–Crippen MR) is 120 cm³/mol. The van der Waals surface area contributed by atoms with E-state index in [0.29, 0.717) is 11.4 Å². The van der Waals surface area contributed by atoms with Gasteiger partial charge in [-0.1, -0.05) is 19.1 Å². The Balaban J connectivity index is 1.81. The van der Waals surface area contributed by atoms with Crippen LogP contribution in [0.3, 0.4) is 0 Å². The van der Waals surface area contributed by atoms with Crippen molar-refractivity contribution in [3.05, 3.63) is 71.2 Å². The van der Waals surface area contributed by atoms with Crippen LogP contribution >= 0.6 is 0 Å². The number of hydrazone groups is 1. The largest absolute Gasteiger partial charge is 0.481 e. The molecule has 2 aromatic heterocycles. The second-order valence-electron chi connectivity index (χ2n) is 7.13. The maximum atomic E-state index is 14.2. The van der Waals surface area contributed by atoms with E-state index in [1.807, 2.05) is 0 Å². The van der Waals surface area contributed by atoms with Crippen molar-refractivity contribution in [1.29, 1.82) is 0 Å². The molecule has 0 radical (unpaired) electrons. The van der Waals surface area contributed by atoms with Crippen LogP contribution in [0.2, 0.25) is 0 Å². The average molecular weight is 453 g/mol. The Kier molecular flexibility index (Phi) is 7.34. The lowest BCUT2D eigenvalue weighted by molar-refractivity contribution is -0.137. The number of pyridine rings is 1. The summed E-state index contributed by atoms with van der Waals surface area (Å²) in [6, 6.07) is 10.4. The predicted octanol–water partition coefficient (Wildman–Crippen LogP) is 2.91. The first-order chi connectivity index (χ1) is 15.8. The zero-order chi connectivity index (χ0) is 24.0. The molecule has 33 heavy (non-hydrogen) atoms. The molecule has 5 N–H and O–H groups in total. The zero-order valence-corrected chi connectivity index (χ0v) is 17.6. The minimum absolute atomic E-state index is 0.0346. The van der Waals surface area contributed by atoms with E-state index < -0.39 is 17.6 Å². The fraction of sp³-hybridized carbons (Fsp3) is 0.182. The smallest absolute Gasteiger partial charge is 0.304 e. The third kappa shape index (κ3) is 5.91. The summed E-state index contributed by atoms with van der Waals surface area (Å²) in [6.45, 7) is 1.94. The molecule has 170 valence electrons. The Labute approximate surface area is 187 Å². The highest BCUT2D eigenvalue weighted by Gasteiger charge is 2.15. The van der Waals surface area contributed by atoms with Crippen LogP contribution < -0.4 is 11.6 Å². The van der Waals surface area contributed by atoms with Gasteiger partial charge in [-0.25, -0.2) is 18.7 Å². The Morgan fingerprint density at radius 1 is 1.18 bits per heavy atom. The maximum Gasteiger partial charge on any atom is 0.304 e. The third-order valence-electron chi connectivity index (χ3n) is 4.65. The minimum atomic E-state index is -1.07. The quantitative estimate of drug-likeness (QED) is 0.269. The number of halogens is 2. The van der Waals surface area contributed by atoms with Crippen molar-refractivity contribution in [2.45, 2.75) is 25.8 Å².